The standard InChI is InChI=1S/C14H16ClNO4/c1-19-7-8-20-10-14(18)16-13-9-11(3-2-6-17)4-5-12(13)15/h4-5,9,17H,6-8,10H2,1H3,(H,16,18). The van der Waals surface area contributed by atoms with Crippen LogP contribution in [0.25, 0.3) is 0 Å². The Hall–Kier alpha value is -1.58. The number of halogens is 1. The van der Waals surface area contributed by atoms with Gasteiger partial charge >= 0.3 is 0 Å². The fourth-order valence-corrected chi connectivity index (χ4v) is 1.50. The van der Waals surface area contributed by atoms with Gasteiger partial charge in [-0.2, -0.15) is 0 Å². The molecule has 108 valence electrons. The molecule has 0 aliphatic heterocycles. The number of ether oxygens (including phenoxy) is 2. The molecule has 6 heteroatoms. The zero-order valence-corrected chi connectivity index (χ0v) is 11.9. The van der Waals surface area contributed by atoms with Crippen molar-refractivity contribution < 1.29 is 19.4 Å². The van der Waals surface area contributed by atoms with Gasteiger partial charge in [-0.05, 0) is 18.2 Å². The van der Waals surface area contributed by atoms with Crippen LogP contribution in [-0.2, 0) is 14.3 Å². The van der Waals surface area contributed by atoms with Gasteiger partial charge in [-0.25, -0.2) is 0 Å². The first kappa shape index (κ1) is 16.5. The Balaban J connectivity index is 2.59. The summed E-state index contributed by atoms with van der Waals surface area (Å²) in [6.07, 6.45) is 0. The Labute approximate surface area is 122 Å². The number of hydrogen-bond acceptors (Lipinski definition) is 4. The molecular formula is C14H16ClNO4. The average Bonchev–Trinajstić information content (AvgIpc) is 2.44. The van der Waals surface area contributed by atoms with E-state index < -0.39 is 0 Å². The summed E-state index contributed by atoms with van der Waals surface area (Å²) in [5.74, 6) is 4.95. The van der Waals surface area contributed by atoms with E-state index in [4.69, 9.17) is 26.2 Å². The lowest BCUT2D eigenvalue weighted by molar-refractivity contribution is -0.121. The van der Waals surface area contributed by atoms with Crippen LogP contribution in [0.4, 0.5) is 5.69 Å². The number of rotatable bonds is 6. The van der Waals surface area contributed by atoms with E-state index >= 15 is 0 Å². The van der Waals surface area contributed by atoms with Crippen molar-refractivity contribution in [3.8, 4) is 11.8 Å². The van der Waals surface area contributed by atoms with E-state index in [1.807, 2.05) is 0 Å². The molecule has 0 aliphatic rings. The van der Waals surface area contributed by atoms with Crippen LogP contribution in [0.2, 0.25) is 5.02 Å². The van der Waals surface area contributed by atoms with Crippen molar-refractivity contribution in [3.05, 3.63) is 28.8 Å². The molecule has 0 saturated heterocycles. The van der Waals surface area contributed by atoms with Crippen molar-refractivity contribution >= 4 is 23.2 Å². The van der Waals surface area contributed by atoms with Crippen molar-refractivity contribution in [3.63, 3.8) is 0 Å². The molecule has 0 fully saturated rings. The second-order valence-corrected chi connectivity index (χ2v) is 4.16. The molecule has 5 nitrogen and oxygen atoms in total. The van der Waals surface area contributed by atoms with Crippen molar-refractivity contribution in [1.29, 1.82) is 0 Å². The molecule has 2 N–H and O–H groups in total. The maximum atomic E-state index is 11.6. The molecule has 0 saturated carbocycles. The molecule has 0 bridgehead atoms. The SMILES string of the molecule is COCCOCC(=O)Nc1cc(C#CCO)ccc1Cl. The summed E-state index contributed by atoms with van der Waals surface area (Å²) in [5, 5.41) is 11.7. The maximum Gasteiger partial charge on any atom is 0.250 e. The molecule has 1 amide bonds. The second-order valence-electron chi connectivity index (χ2n) is 3.75. The average molecular weight is 298 g/mol. The van der Waals surface area contributed by atoms with Crippen LogP contribution in [0.15, 0.2) is 18.2 Å². The normalized spacial score (nSPS) is 9.75. The first-order chi connectivity index (χ1) is 9.67. The monoisotopic (exact) mass is 297 g/mol. The van der Waals surface area contributed by atoms with E-state index in [0.717, 1.165) is 0 Å². The highest BCUT2D eigenvalue weighted by Gasteiger charge is 2.06. The minimum absolute atomic E-state index is 0.0771. The first-order valence-corrected chi connectivity index (χ1v) is 6.31. The van der Waals surface area contributed by atoms with Crippen molar-refractivity contribution in [1.82, 2.24) is 0 Å². The Morgan fingerprint density at radius 2 is 2.25 bits per heavy atom. The number of methoxy groups -OCH3 is 1. The zero-order valence-electron chi connectivity index (χ0n) is 11.1. The van der Waals surface area contributed by atoms with Gasteiger partial charge in [0.05, 0.1) is 23.9 Å². The summed E-state index contributed by atoms with van der Waals surface area (Å²) in [7, 11) is 1.56. The Kier molecular flexibility index (Phi) is 7.70. The Morgan fingerprint density at radius 3 is 2.95 bits per heavy atom. The Morgan fingerprint density at radius 1 is 1.45 bits per heavy atom. The van der Waals surface area contributed by atoms with Gasteiger partial charge in [0, 0.05) is 12.7 Å². The van der Waals surface area contributed by atoms with Crippen molar-refractivity contribution in [2.24, 2.45) is 0 Å². The van der Waals surface area contributed by atoms with E-state index in [1.54, 1.807) is 25.3 Å². The van der Waals surface area contributed by atoms with Crippen LogP contribution < -0.4 is 5.32 Å². The number of carbonyl (C=O) groups is 1. The van der Waals surface area contributed by atoms with E-state index in [9.17, 15) is 4.79 Å². The summed E-state index contributed by atoms with van der Waals surface area (Å²) < 4.78 is 9.90. The van der Waals surface area contributed by atoms with E-state index in [-0.39, 0.29) is 19.1 Å². The van der Waals surface area contributed by atoms with Gasteiger partial charge in [0.1, 0.15) is 13.2 Å². The summed E-state index contributed by atoms with van der Waals surface area (Å²) in [6, 6.07) is 4.97. The van der Waals surface area contributed by atoms with Gasteiger partial charge in [0.15, 0.2) is 0 Å². The third-order valence-corrected chi connectivity index (χ3v) is 2.55. The van der Waals surface area contributed by atoms with Crippen LogP contribution in [0, 0.1) is 11.8 Å². The molecule has 0 heterocycles. The van der Waals surface area contributed by atoms with E-state index in [2.05, 4.69) is 17.2 Å². The van der Waals surface area contributed by atoms with Crippen LogP contribution in [0.3, 0.4) is 0 Å². The number of aliphatic hydroxyl groups is 1. The Bertz CT molecular complexity index is 508. The molecule has 0 aromatic heterocycles. The summed E-state index contributed by atoms with van der Waals surface area (Å²) >= 11 is 5.98. The zero-order chi connectivity index (χ0) is 14.8. The van der Waals surface area contributed by atoms with E-state index in [1.165, 1.54) is 0 Å². The molecule has 0 aliphatic carbocycles. The maximum absolute atomic E-state index is 11.6. The molecule has 0 spiro atoms. The quantitative estimate of drug-likeness (QED) is 0.613. The predicted molar refractivity (Wildman–Crippen MR) is 76.7 cm³/mol. The minimum Gasteiger partial charge on any atom is -0.384 e. The van der Waals surface area contributed by atoms with Crippen molar-refractivity contribution in [2.45, 2.75) is 0 Å². The second kappa shape index (κ2) is 9.34. The van der Waals surface area contributed by atoms with Gasteiger partial charge in [-0.15, -0.1) is 0 Å². The fourth-order valence-electron chi connectivity index (χ4n) is 1.33. The van der Waals surface area contributed by atoms with Crippen LogP contribution >= 0.6 is 11.6 Å². The van der Waals surface area contributed by atoms with Crippen LogP contribution in [0.5, 0.6) is 0 Å². The van der Waals surface area contributed by atoms with Crippen molar-refractivity contribution in [2.75, 3.05) is 38.9 Å². The number of hydrogen-bond donors (Lipinski definition) is 2. The first-order valence-electron chi connectivity index (χ1n) is 5.93. The fraction of sp³-hybridized carbons (Fsp3) is 0.357. The van der Waals surface area contributed by atoms with Gasteiger partial charge < -0.3 is 19.9 Å². The highest BCUT2D eigenvalue weighted by Crippen LogP contribution is 2.22. The minimum atomic E-state index is -0.310. The topological polar surface area (TPSA) is 67.8 Å². The largest absolute Gasteiger partial charge is 0.384 e. The number of benzene rings is 1. The number of carbonyl (C=O) groups excluding carboxylic acids is 1. The van der Waals surface area contributed by atoms with Gasteiger partial charge in [0.2, 0.25) is 5.91 Å². The molecule has 0 unspecified atom stereocenters. The molecule has 1 aromatic rings. The third-order valence-electron chi connectivity index (χ3n) is 2.22. The van der Waals surface area contributed by atoms with Gasteiger partial charge in [-0.3, -0.25) is 4.79 Å². The third kappa shape index (κ3) is 6.04. The van der Waals surface area contributed by atoms with Gasteiger partial charge in [-0.1, -0.05) is 23.4 Å². The summed E-state index contributed by atoms with van der Waals surface area (Å²) in [6.45, 7) is 0.476. The molecule has 1 aromatic carbocycles. The summed E-state index contributed by atoms with van der Waals surface area (Å²) in [4.78, 5) is 11.6. The molecule has 0 atom stereocenters. The molecule has 20 heavy (non-hydrogen) atoms. The lowest BCUT2D eigenvalue weighted by atomic mass is 10.2. The number of aliphatic hydroxyl groups excluding tert-OH is 1. The van der Waals surface area contributed by atoms with Crippen LogP contribution in [0.1, 0.15) is 5.56 Å². The number of nitrogens with one attached hydrogen (secondary N) is 1. The van der Waals surface area contributed by atoms with Crippen LogP contribution in [-0.4, -0.2) is 44.6 Å². The highest BCUT2D eigenvalue weighted by atomic mass is 35.5. The highest BCUT2D eigenvalue weighted by molar-refractivity contribution is 6.33. The lowest BCUT2D eigenvalue weighted by Crippen LogP contribution is -2.19. The lowest BCUT2D eigenvalue weighted by Gasteiger charge is -2.08. The van der Waals surface area contributed by atoms with E-state index in [0.29, 0.717) is 29.5 Å². The molecule has 0 radical (unpaired) electrons. The molecular weight excluding hydrogens is 282 g/mol. The number of anilines is 1. The van der Waals surface area contributed by atoms with Gasteiger partial charge in [0.25, 0.3) is 0 Å². The number of amides is 1. The summed E-state index contributed by atoms with van der Waals surface area (Å²) in [5.41, 5.74) is 1.11. The predicted octanol–water partition coefficient (Wildman–Crippen LogP) is 1.29. The smallest absolute Gasteiger partial charge is 0.250 e. The molecule has 1 rings (SSSR count).